The van der Waals surface area contributed by atoms with Crippen molar-refractivity contribution in [3.05, 3.63) is 29.3 Å². The van der Waals surface area contributed by atoms with Gasteiger partial charge in [0.2, 0.25) is 0 Å². The van der Waals surface area contributed by atoms with Gasteiger partial charge in [-0.15, -0.1) is 0 Å². The normalized spacial score (nSPS) is 13.4. The summed E-state index contributed by atoms with van der Waals surface area (Å²) in [5.41, 5.74) is 2.84. The molecule has 0 spiro atoms. The summed E-state index contributed by atoms with van der Waals surface area (Å²) in [6.07, 6.45) is 9.82. The smallest absolute Gasteiger partial charge is 0.0139 e. The molecule has 0 aliphatic carbocycles. The van der Waals surface area contributed by atoms with Crippen LogP contribution in [0.25, 0.3) is 0 Å². The van der Waals surface area contributed by atoms with Gasteiger partial charge in [0, 0.05) is 0 Å². The second-order valence-corrected chi connectivity index (χ2v) is 10.6. The zero-order valence-corrected chi connectivity index (χ0v) is 16.0. The van der Waals surface area contributed by atoms with Crippen molar-refractivity contribution in [1.82, 2.24) is 0 Å². The Bertz CT molecular complexity index is 394. The van der Waals surface area contributed by atoms with Crippen molar-refractivity contribution < 1.29 is 0 Å². The van der Waals surface area contributed by atoms with Crippen LogP contribution in [0, 0.1) is 13.8 Å². The molecule has 0 aliphatic heterocycles. The Hall–Kier alpha value is -0.350. The Kier molecular flexibility index (Phi) is 7.96. The highest BCUT2D eigenvalue weighted by molar-refractivity contribution is 7.67. The number of hydrogen-bond donors (Lipinski definition) is 0. The SMILES string of the molecule is CCCCCCCCP(c1cc(C)cc(C)c1)C(C)(C)C. The number of benzene rings is 1. The number of rotatable bonds is 8. The van der Waals surface area contributed by atoms with Crippen molar-refractivity contribution in [1.29, 1.82) is 0 Å². The summed E-state index contributed by atoms with van der Waals surface area (Å²) in [5, 5.41) is 2.03. The van der Waals surface area contributed by atoms with Crippen LogP contribution in [0.1, 0.15) is 77.3 Å². The van der Waals surface area contributed by atoms with Crippen LogP contribution in [0.4, 0.5) is 0 Å². The molecule has 0 aliphatic rings. The Morgan fingerprint density at radius 3 is 1.86 bits per heavy atom. The molecule has 1 unspecified atom stereocenters. The van der Waals surface area contributed by atoms with E-state index in [-0.39, 0.29) is 7.92 Å². The molecule has 1 atom stereocenters. The minimum Gasteiger partial charge on any atom is -0.0698 e. The van der Waals surface area contributed by atoms with E-state index in [9.17, 15) is 0 Å². The van der Waals surface area contributed by atoms with E-state index in [0.29, 0.717) is 5.16 Å². The fourth-order valence-electron chi connectivity index (χ4n) is 3.01. The van der Waals surface area contributed by atoms with Gasteiger partial charge in [-0.3, -0.25) is 0 Å². The fraction of sp³-hybridized carbons (Fsp3) is 0.700. The van der Waals surface area contributed by atoms with E-state index >= 15 is 0 Å². The summed E-state index contributed by atoms with van der Waals surface area (Å²) >= 11 is 0. The second-order valence-electron chi connectivity index (χ2n) is 7.44. The van der Waals surface area contributed by atoms with Crippen molar-refractivity contribution in [2.45, 2.75) is 85.2 Å². The van der Waals surface area contributed by atoms with Crippen molar-refractivity contribution in [3.8, 4) is 0 Å². The summed E-state index contributed by atoms with van der Waals surface area (Å²) < 4.78 is 0. The third-order valence-electron chi connectivity index (χ3n) is 4.06. The lowest BCUT2D eigenvalue weighted by Gasteiger charge is -2.32. The zero-order chi connectivity index (χ0) is 15.9. The Morgan fingerprint density at radius 1 is 0.810 bits per heavy atom. The van der Waals surface area contributed by atoms with Gasteiger partial charge in [0.05, 0.1) is 0 Å². The van der Waals surface area contributed by atoms with Crippen LogP contribution in [-0.2, 0) is 0 Å². The van der Waals surface area contributed by atoms with E-state index in [1.165, 1.54) is 55.8 Å². The molecule has 0 amide bonds. The predicted molar refractivity (Wildman–Crippen MR) is 100 cm³/mol. The van der Waals surface area contributed by atoms with Crippen LogP contribution in [0.15, 0.2) is 18.2 Å². The molecule has 1 aromatic carbocycles. The molecule has 0 N–H and O–H groups in total. The standard InChI is InChI=1S/C20H35P/c1-7-8-9-10-11-12-13-21(20(4,5)6)19-15-17(2)14-18(3)16-19/h14-16H,7-13H2,1-6H3. The van der Waals surface area contributed by atoms with E-state index in [2.05, 4.69) is 59.7 Å². The Labute approximate surface area is 134 Å². The number of aryl methyl sites for hydroxylation is 2. The van der Waals surface area contributed by atoms with Gasteiger partial charge < -0.3 is 0 Å². The van der Waals surface area contributed by atoms with Gasteiger partial charge in [-0.25, -0.2) is 0 Å². The first-order valence-corrected chi connectivity index (χ1v) is 10.2. The number of unbranched alkanes of at least 4 members (excludes halogenated alkanes) is 5. The summed E-state index contributed by atoms with van der Waals surface area (Å²) in [6, 6.07) is 7.16. The third kappa shape index (κ3) is 6.96. The lowest BCUT2D eigenvalue weighted by atomic mass is 10.1. The molecule has 0 fully saturated rings. The molecule has 0 radical (unpaired) electrons. The molecule has 0 saturated carbocycles. The highest BCUT2D eigenvalue weighted by atomic mass is 31.1. The monoisotopic (exact) mass is 306 g/mol. The van der Waals surface area contributed by atoms with Crippen molar-refractivity contribution in [2.24, 2.45) is 0 Å². The minimum atomic E-state index is -0.0537. The molecular weight excluding hydrogens is 271 g/mol. The van der Waals surface area contributed by atoms with Crippen LogP contribution in [-0.4, -0.2) is 11.3 Å². The van der Waals surface area contributed by atoms with E-state index in [4.69, 9.17) is 0 Å². The Balaban J connectivity index is 2.64. The van der Waals surface area contributed by atoms with Crippen molar-refractivity contribution >= 4 is 13.2 Å². The third-order valence-corrected chi connectivity index (χ3v) is 7.33. The summed E-state index contributed by atoms with van der Waals surface area (Å²) in [6.45, 7) is 14.0. The molecule has 0 saturated heterocycles. The van der Waals surface area contributed by atoms with E-state index in [1.807, 2.05) is 0 Å². The molecule has 1 aromatic rings. The lowest BCUT2D eigenvalue weighted by Crippen LogP contribution is -2.21. The van der Waals surface area contributed by atoms with Crippen LogP contribution in [0.3, 0.4) is 0 Å². The molecular formula is C20H35P. The quantitative estimate of drug-likeness (QED) is 0.376. The first-order valence-electron chi connectivity index (χ1n) is 8.70. The van der Waals surface area contributed by atoms with Crippen molar-refractivity contribution in [3.63, 3.8) is 0 Å². The molecule has 0 aromatic heterocycles. The molecule has 0 bridgehead atoms. The van der Waals surface area contributed by atoms with Gasteiger partial charge in [0.1, 0.15) is 0 Å². The fourth-order valence-corrected chi connectivity index (χ4v) is 5.97. The summed E-state index contributed by atoms with van der Waals surface area (Å²) in [7, 11) is -0.0537. The topological polar surface area (TPSA) is 0 Å². The van der Waals surface area contributed by atoms with Crippen LogP contribution < -0.4 is 5.30 Å². The maximum absolute atomic E-state index is 2.43. The molecule has 1 heteroatoms. The average Bonchev–Trinajstić information content (AvgIpc) is 2.35. The second kappa shape index (κ2) is 8.94. The first-order chi connectivity index (χ1) is 9.84. The van der Waals surface area contributed by atoms with E-state index < -0.39 is 0 Å². The van der Waals surface area contributed by atoms with Gasteiger partial charge in [0.25, 0.3) is 0 Å². The highest BCUT2D eigenvalue weighted by Gasteiger charge is 2.25. The minimum absolute atomic E-state index is 0.0537. The molecule has 21 heavy (non-hydrogen) atoms. The first kappa shape index (κ1) is 18.7. The molecule has 0 nitrogen and oxygen atoms in total. The maximum atomic E-state index is 2.43. The summed E-state index contributed by atoms with van der Waals surface area (Å²) in [5.74, 6) is 0. The van der Waals surface area contributed by atoms with Crippen molar-refractivity contribution in [2.75, 3.05) is 6.16 Å². The predicted octanol–water partition coefficient (Wildman–Crippen LogP) is 6.57. The molecule has 0 heterocycles. The van der Waals surface area contributed by atoms with E-state index in [0.717, 1.165) is 0 Å². The van der Waals surface area contributed by atoms with Crippen LogP contribution >= 0.6 is 7.92 Å². The van der Waals surface area contributed by atoms with Gasteiger partial charge >= 0.3 is 0 Å². The number of hydrogen-bond acceptors (Lipinski definition) is 0. The van der Waals surface area contributed by atoms with Crippen LogP contribution in [0.2, 0.25) is 0 Å². The van der Waals surface area contributed by atoms with Gasteiger partial charge in [0.15, 0.2) is 0 Å². The Morgan fingerprint density at radius 2 is 1.33 bits per heavy atom. The average molecular weight is 306 g/mol. The molecule has 1 rings (SSSR count). The maximum Gasteiger partial charge on any atom is -0.0139 e. The van der Waals surface area contributed by atoms with E-state index in [1.54, 1.807) is 5.30 Å². The largest absolute Gasteiger partial charge is 0.0698 e. The van der Waals surface area contributed by atoms with Gasteiger partial charge in [-0.1, -0.05) is 97.0 Å². The lowest BCUT2D eigenvalue weighted by molar-refractivity contribution is 0.624. The molecule has 120 valence electrons. The van der Waals surface area contributed by atoms with Gasteiger partial charge in [-0.05, 0) is 36.9 Å². The van der Waals surface area contributed by atoms with Gasteiger partial charge in [-0.2, -0.15) is 0 Å². The van der Waals surface area contributed by atoms with Crippen LogP contribution in [0.5, 0.6) is 0 Å². The highest BCUT2D eigenvalue weighted by Crippen LogP contribution is 2.49. The summed E-state index contributed by atoms with van der Waals surface area (Å²) in [4.78, 5) is 0. The zero-order valence-electron chi connectivity index (χ0n) is 15.1.